The summed E-state index contributed by atoms with van der Waals surface area (Å²) in [7, 11) is 0. The predicted octanol–water partition coefficient (Wildman–Crippen LogP) is 1.81. The molecule has 7 heteroatoms. The van der Waals surface area contributed by atoms with E-state index in [0.717, 1.165) is 56.9 Å². The lowest BCUT2D eigenvalue weighted by Gasteiger charge is -2.36. The Morgan fingerprint density at radius 2 is 1.89 bits per heavy atom. The highest BCUT2D eigenvalue weighted by Gasteiger charge is 2.53. The average Bonchev–Trinajstić information content (AvgIpc) is 2.91. The Kier molecular flexibility index (Phi) is 5.27. The number of piperazine rings is 1. The number of amides is 3. The Morgan fingerprint density at radius 3 is 2.57 bits per heavy atom. The molecule has 28 heavy (non-hydrogen) atoms. The SMILES string of the molecule is Cc1ccc(Cl)cc1N1CC[NH+](CN2C(=O)NC3(CCC(C)CC3)C2=O)CC1. The van der Waals surface area contributed by atoms with E-state index in [2.05, 4.69) is 30.1 Å². The molecule has 2 heterocycles. The number of carbonyl (C=O) groups excluding carboxylic acids is 2. The lowest BCUT2D eigenvalue weighted by atomic mass is 9.77. The van der Waals surface area contributed by atoms with Gasteiger partial charge in [0.15, 0.2) is 6.67 Å². The van der Waals surface area contributed by atoms with Crippen molar-refractivity contribution in [3.05, 3.63) is 28.8 Å². The molecule has 0 atom stereocenters. The van der Waals surface area contributed by atoms with Crippen LogP contribution in [0.15, 0.2) is 18.2 Å². The molecular formula is C21H30ClN4O2+. The van der Waals surface area contributed by atoms with E-state index in [1.807, 2.05) is 12.1 Å². The molecule has 1 aromatic rings. The van der Waals surface area contributed by atoms with Crippen LogP contribution in [0.1, 0.15) is 38.2 Å². The average molecular weight is 406 g/mol. The normalized spacial score (nSPS) is 28.9. The van der Waals surface area contributed by atoms with E-state index in [4.69, 9.17) is 11.6 Å². The minimum absolute atomic E-state index is 0.00925. The minimum atomic E-state index is -0.636. The van der Waals surface area contributed by atoms with Crippen LogP contribution in [0.4, 0.5) is 10.5 Å². The summed E-state index contributed by atoms with van der Waals surface area (Å²) >= 11 is 6.17. The van der Waals surface area contributed by atoms with Gasteiger partial charge in [0, 0.05) is 10.7 Å². The molecule has 4 rings (SSSR count). The number of halogens is 1. The number of anilines is 1. The second-order valence-corrected chi connectivity index (χ2v) is 9.19. The lowest BCUT2D eigenvalue weighted by molar-refractivity contribution is -0.907. The first-order chi connectivity index (χ1) is 13.4. The van der Waals surface area contributed by atoms with Crippen LogP contribution in [-0.2, 0) is 4.79 Å². The van der Waals surface area contributed by atoms with E-state index in [1.54, 1.807) is 0 Å². The van der Waals surface area contributed by atoms with E-state index in [0.29, 0.717) is 12.6 Å². The van der Waals surface area contributed by atoms with Gasteiger partial charge in [-0.1, -0.05) is 24.6 Å². The van der Waals surface area contributed by atoms with E-state index < -0.39 is 5.54 Å². The molecule has 2 N–H and O–H groups in total. The van der Waals surface area contributed by atoms with Crippen molar-refractivity contribution in [1.82, 2.24) is 10.2 Å². The third kappa shape index (κ3) is 3.60. The molecule has 1 saturated carbocycles. The topological polar surface area (TPSA) is 57.1 Å². The number of nitrogens with zero attached hydrogens (tertiary/aromatic N) is 2. The number of hydrogen-bond acceptors (Lipinski definition) is 3. The number of benzene rings is 1. The summed E-state index contributed by atoms with van der Waals surface area (Å²) in [5.41, 5.74) is 1.76. The summed E-state index contributed by atoms with van der Waals surface area (Å²) in [6.45, 7) is 8.36. The Bertz CT molecular complexity index is 768. The minimum Gasteiger partial charge on any atom is -0.360 e. The number of quaternary nitrogens is 1. The number of imide groups is 1. The number of hydrogen-bond donors (Lipinski definition) is 2. The summed E-state index contributed by atoms with van der Waals surface area (Å²) in [6, 6.07) is 5.78. The molecule has 6 nitrogen and oxygen atoms in total. The molecule has 2 aliphatic heterocycles. The zero-order chi connectivity index (χ0) is 19.9. The monoisotopic (exact) mass is 405 g/mol. The first-order valence-electron chi connectivity index (χ1n) is 10.4. The van der Waals surface area contributed by atoms with Crippen LogP contribution in [0.5, 0.6) is 0 Å². The quantitative estimate of drug-likeness (QED) is 0.754. The van der Waals surface area contributed by atoms with E-state index in [9.17, 15) is 9.59 Å². The third-order valence-corrected chi connectivity index (χ3v) is 6.97. The summed E-state index contributed by atoms with van der Waals surface area (Å²) in [5.74, 6) is 0.628. The largest absolute Gasteiger partial charge is 0.360 e. The van der Waals surface area contributed by atoms with Crippen molar-refractivity contribution in [3.8, 4) is 0 Å². The Hall–Kier alpha value is -1.79. The number of rotatable bonds is 3. The van der Waals surface area contributed by atoms with Crippen molar-refractivity contribution in [2.45, 2.75) is 45.1 Å². The van der Waals surface area contributed by atoms with Gasteiger partial charge in [0.1, 0.15) is 5.54 Å². The number of carbonyl (C=O) groups is 2. The highest BCUT2D eigenvalue weighted by Crippen LogP contribution is 2.36. The van der Waals surface area contributed by atoms with Gasteiger partial charge in [0.05, 0.1) is 26.2 Å². The van der Waals surface area contributed by atoms with E-state index in [1.165, 1.54) is 21.1 Å². The molecule has 0 bridgehead atoms. The Balaban J connectivity index is 1.36. The van der Waals surface area contributed by atoms with Crippen molar-refractivity contribution in [1.29, 1.82) is 0 Å². The molecular weight excluding hydrogens is 376 g/mol. The van der Waals surface area contributed by atoms with Gasteiger partial charge in [-0.3, -0.25) is 4.79 Å². The van der Waals surface area contributed by atoms with Crippen molar-refractivity contribution < 1.29 is 14.5 Å². The van der Waals surface area contributed by atoms with Gasteiger partial charge in [0.25, 0.3) is 5.91 Å². The molecule has 0 unspecified atom stereocenters. The van der Waals surface area contributed by atoms with Crippen LogP contribution in [-0.4, -0.2) is 55.2 Å². The number of urea groups is 1. The lowest BCUT2D eigenvalue weighted by Crippen LogP contribution is -3.16. The summed E-state index contributed by atoms with van der Waals surface area (Å²) in [4.78, 5) is 30.7. The fourth-order valence-electron chi connectivity index (χ4n) is 4.78. The molecule has 3 amide bonds. The van der Waals surface area contributed by atoms with Crippen molar-refractivity contribution >= 4 is 29.2 Å². The second kappa shape index (κ2) is 7.56. The van der Waals surface area contributed by atoms with Gasteiger partial charge in [-0.05, 0) is 56.2 Å². The van der Waals surface area contributed by atoms with Crippen LogP contribution in [0, 0.1) is 12.8 Å². The highest BCUT2D eigenvalue weighted by atomic mass is 35.5. The number of nitrogens with one attached hydrogen (secondary N) is 2. The van der Waals surface area contributed by atoms with Gasteiger partial charge in [-0.25, -0.2) is 9.69 Å². The third-order valence-electron chi connectivity index (χ3n) is 6.74. The molecule has 0 radical (unpaired) electrons. The first kappa shape index (κ1) is 19.5. The zero-order valence-corrected chi connectivity index (χ0v) is 17.5. The molecule has 152 valence electrons. The van der Waals surface area contributed by atoms with Crippen molar-refractivity contribution in [3.63, 3.8) is 0 Å². The van der Waals surface area contributed by atoms with Crippen LogP contribution in [0.25, 0.3) is 0 Å². The Morgan fingerprint density at radius 1 is 1.21 bits per heavy atom. The van der Waals surface area contributed by atoms with Gasteiger partial charge in [0.2, 0.25) is 0 Å². The summed E-state index contributed by atoms with van der Waals surface area (Å²) < 4.78 is 0. The van der Waals surface area contributed by atoms with E-state index >= 15 is 0 Å². The second-order valence-electron chi connectivity index (χ2n) is 8.75. The first-order valence-corrected chi connectivity index (χ1v) is 10.7. The van der Waals surface area contributed by atoms with Gasteiger partial charge in [-0.15, -0.1) is 0 Å². The molecule has 2 saturated heterocycles. The number of aryl methyl sites for hydroxylation is 1. The van der Waals surface area contributed by atoms with Crippen LogP contribution < -0.4 is 15.1 Å². The summed E-state index contributed by atoms with van der Waals surface area (Å²) in [6.07, 6.45) is 3.55. The fraction of sp³-hybridized carbons (Fsp3) is 0.619. The van der Waals surface area contributed by atoms with Crippen LogP contribution in [0.2, 0.25) is 5.02 Å². The maximum absolute atomic E-state index is 13.0. The maximum Gasteiger partial charge on any atom is 0.329 e. The van der Waals surface area contributed by atoms with Gasteiger partial charge in [-0.2, -0.15) is 0 Å². The molecule has 1 aliphatic carbocycles. The molecule has 3 fully saturated rings. The van der Waals surface area contributed by atoms with Gasteiger partial charge >= 0.3 is 6.03 Å². The smallest absolute Gasteiger partial charge is 0.329 e. The molecule has 3 aliphatic rings. The van der Waals surface area contributed by atoms with E-state index in [-0.39, 0.29) is 11.9 Å². The Labute approximate surface area is 171 Å². The molecule has 0 aromatic heterocycles. The van der Waals surface area contributed by atoms with Gasteiger partial charge < -0.3 is 15.1 Å². The molecule has 1 aromatic carbocycles. The predicted molar refractivity (Wildman–Crippen MR) is 110 cm³/mol. The summed E-state index contributed by atoms with van der Waals surface area (Å²) in [5, 5.41) is 3.78. The maximum atomic E-state index is 13.0. The fourth-order valence-corrected chi connectivity index (χ4v) is 4.95. The zero-order valence-electron chi connectivity index (χ0n) is 16.8. The van der Waals surface area contributed by atoms with Crippen LogP contribution in [0.3, 0.4) is 0 Å². The van der Waals surface area contributed by atoms with Crippen molar-refractivity contribution in [2.75, 3.05) is 37.7 Å². The molecule has 1 spiro atoms. The highest BCUT2D eigenvalue weighted by molar-refractivity contribution is 6.30. The van der Waals surface area contributed by atoms with Crippen molar-refractivity contribution in [2.24, 2.45) is 5.92 Å². The van der Waals surface area contributed by atoms with Crippen LogP contribution >= 0.6 is 11.6 Å². The standard InChI is InChI=1S/C21H29ClN4O2/c1-15-5-7-21(8-6-15)19(27)26(20(28)23-21)14-24-9-11-25(12-10-24)18-13-17(22)4-3-16(18)2/h3-4,13,15H,5-12,14H2,1-2H3,(H,23,28)/p+1.